The number of ether oxygens (including phenoxy) is 1. The average molecular weight is 330 g/mol. The summed E-state index contributed by atoms with van der Waals surface area (Å²) in [6, 6.07) is 3.14. The summed E-state index contributed by atoms with van der Waals surface area (Å²) >= 11 is 0. The Morgan fingerprint density at radius 1 is 1.42 bits per heavy atom. The Labute approximate surface area is 138 Å². The Kier molecular flexibility index (Phi) is 4.59. The molecule has 3 rings (SSSR count). The SMILES string of the molecule is COc1ncccc1NC(=O)N1CC[C@H](C(=O)Nc2cn[nH]c2)C1. The van der Waals surface area contributed by atoms with Gasteiger partial charge in [0.15, 0.2) is 0 Å². The molecule has 1 fully saturated rings. The van der Waals surface area contributed by atoms with Crippen molar-refractivity contribution in [2.45, 2.75) is 6.42 Å². The van der Waals surface area contributed by atoms with Crippen molar-refractivity contribution in [3.63, 3.8) is 0 Å². The lowest BCUT2D eigenvalue weighted by molar-refractivity contribution is -0.119. The second kappa shape index (κ2) is 6.99. The summed E-state index contributed by atoms with van der Waals surface area (Å²) in [5, 5.41) is 11.9. The molecule has 1 atom stereocenters. The molecule has 3 N–H and O–H groups in total. The molecular weight excluding hydrogens is 312 g/mol. The largest absolute Gasteiger partial charge is 0.480 e. The zero-order valence-electron chi connectivity index (χ0n) is 13.2. The van der Waals surface area contributed by atoms with Gasteiger partial charge in [-0.25, -0.2) is 9.78 Å². The smallest absolute Gasteiger partial charge is 0.322 e. The van der Waals surface area contributed by atoms with Gasteiger partial charge in [-0.2, -0.15) is 5.10 Å². The molecule has 1 saturated heterocycles. The predicted octanol–water partition coefficient (Wildman–Crippen LogP) is 1.31. The summed E-state index contributed by atoms with van der Waals surface area (Å²) in [7, 11) is 1.49. The van der Waals surface area contributed by atoms with Gasteiger partial charge in [-0.15, -0.1) is 0 Å². The van der Waals surface area contributed by atoms with Crippen LogP contribution >= 0.6 is 0 Å². The van der Waals surface area contributed by atoms with Crippen molar-refractivity contribution in [3.8, 4) is 5.88 Å². The zero-order valence-corrected chi connectivity index (χ0v) is 13.2. The van der Waals surface area contributed by atoms with Gasteiger partial charge in [0.1, 0.15) is 5.69 Å². The van der Waals surface area contributed by atoms with E-state index in [1.54, 1.807) is 29.4 Å². The molecule has 0 aromatic carbocycles. The molecule has 0 radical (unpaired) electrons. The molecule has 0 saturated carbocycles. The van der Waals surface area contributed by atoms with Gasteiger partial charge < -0.3 is 20.3 Å². The monoisotopic (exact) mass is 330 g/mol. The third-order valence-electron chi connectivity index (χ3n) is 3.82. The number of aromatic amines is 1. The molecule has 2 aromatic rings. The summed E-state index contributed by atoms with van der Waals surface area (Å²) < 4.78 is 5.11. The molecule has 126 valence electrons. The molecule has 0 spiro atoms. The van der Waals surface area contributed by atoms with E-state index >= 15 is 0 Å². The fraction of sp³-hybridized carbons (Fsp3) is 0.333. The first-order valence-corrected chi connectivity index (χ1v) is 7.52. The van der Waals surface area contributed by atoms with Crippen LogP contribution in [0.2, 0.25) is 0 Å². The van der Waals surface area contributed by atoms with Crippen LogP contribution in [0.3, 0.4) is 0 Å². The number of likely N-dealkylation sites (tertiary alicyclic amines) is 1. The molecule has 1 aliphatic rings. The van der Waals surface area contributed by atoms with Gasteiger partial charge in [-0.1, -0.05) is 0 Å². The number of rotatable bonds is 4. The second-order valence-corrected chi connectivity index (χ2v) is 5.40. The number of nitrogens with zero attached hydrogens (tertiary/aromatic N) is 3. The van der Waals surface area contributed by atoms with Crippen molar-refractivity contribution >= 4 is 23.3 Å². The lowest BCUT2D eigenvalue weighted by Gasteiger charge is -2.18. The molecule has 3 amide bonds. The van der Waals surface area contributed by atoms with Crippen LogP contribution in [0.15, 0.2) is 30.7 Å². The van der Waals surface area contributed by atoms with Crippen LogP contribution < -0.4 is 15.4 Å². The van der Waals surface area contributed by atoms with Crippen LogP contribution in [0.25, 0.3) is 0 Å². The number of pyridine rings is 1. The highest BCUT2D eigenvalue weighted by Crippen LogP contribution is 2.23. The highest BCUT2D eigenvalue weighted by molar-refractivity contribution is 5.94. The molecule has 2 aromatic heterocycles. The number of aromatic nitrogens is 3. The number of nitrogens with one attached hydrogen (secondary N) is 3. The summed E-state index contributed by atoms with van der Waals surface area (Å²) in [6.45, 7) is 0.871. The molecule has 0 bridgehead atoms. The van der Waals surface area contributed by atoms with E-state index in [1.807, 2.05) is 0 Å². The highest BCUT2D eigenvalue weighted by Gasteiger charge is 2.31. The van der Waals surface area contributed by atoms with E-state index in [1.165, 1.54) is 13.3 Å². The number of hydrogen-bond acceptors (Lipinski definition) is 5. The van der Waals surface area contributed by atoms with E-state index in [0.29, 0.717) is 36.8 Å². The minimum Gasteiger partial charge on any atom is -0.480 e. The van der Waals surface area contributed by atoms with Crippen molar-refractivity contribution in [2.75, 3.05) is 30.8 Å². The summed E-state index contributed by atoms with van der Waals surface area (Å²) in [5.41, 5.74) is 1.11. The molecule has 1 aliphatic heterocycles. The first-order chi connectivity index (χ1) is 11.7. The van der Waals surface area contributed by atoms with E-state index in [9.17, 15) is 9.59 Å². The maximum atomic E-state index is 12.4. The van der Waals surface area contributed by atoms with Crippen molar-refractivity contribution in [1.82, 2.24) is 20.1 Å². The van der Waals surface area contributed by atoms with Crippen LogP contribution in [0.5, 0.6) is 5.88 Å². The van der Waals surface area contributed by atoms with Gasteiger partial charge in [0, 0.05) is 25.5 Å². The second-order valence-electron chi connectivity index (χ2n) is 5.40. The van der Waals surface area contributed by atoms with E-state index in [0.717, 1.165) is 0 Å². The normalized spacial score (nSPS) is 16.7. The minimum absolute atomic E-state index is 0.120. The van der Waals surface area contributed by atoms with Gasteiger partial charge in [0.05, 0.1) is 24.9 Å². The van der Waals surface area contributed by atoms with E-state index in [2.05, 4.69) is 25.8 Å². The fourth-order valence-corrected chi connectivity index (χ4v) is 2.57. The topological polar surface area (TPSA) is 112 Å². The molecule has 9 nitrogen and oxygen atoms in total. The maximum absolute atomic E-state index is 12.4. The minimum atomic E-state index is -0.278. The molecule has 0 unspecified atom stereocenters. The lowest BCUT2D eigenvalue weighted by atomic mass is 10.1. The Bertz CT molecular complexity index is 718. The number of carbonyl (C=O) groups is 2. The van der Waals surface area contributed by atoms with Crippen LogP contribution in [-0.4, -0.2) is 52.2 Å². The summed E-state index contributed by atoms with van der Waals surface area (Å²) in [5.74, 6) is -0.0219. The van der Waals surface area contributed by atoms with Crippen LogP contribution in [-0.2, 0) is 4.79 Å². The number of methoxy groups -OCH3 is 1. The van der Waals surface area contributed by atoms with Gasteiger partial charge >= 0.3 is 6.03 Å². The first-order valence-electron chi connectivity index (χ1n) is 7.52. The summed E-state index contributed by atoms with van der Waals surface area (Å²) in [6.07, 6.45) is 5.33. The number of amides is 3. The quantitative estimate of drug-likeness (QED) is 0.782. The van der Waals surface area contributed by atoms with Crippen LogP contribution in [0.1, 0.15) is 6.42 Å². The standard InChI is InChI=1S/C15H18N6O3/c1-24-14-12(3-2-5-16-14)20-15(23)21-6-4-10(9-21)13(22)19-11-7-17-18-8-11/h2-3,5,7-8,10H,4,6,9H2,1H3,(H,17,18)(H,19,22)(H,20,23)/t10-/m0/s1. The van der Waals surface area contributed by atoms with E-state index in [-0.39, 0.29) is 17.9 Å². The van der Waals surface area contributed by atoms with Crippen molar-refractivity contribution in [3.05, 3.63) is 30.7 Å². The Morgan fingerprint density at radius 2 is 2.29 bits per heavy atom. The fourth-order valence-electron chi connectivity index (χ4n) is 2.57. The van der Waals surface area contributed by atoms with E-state index < -0.39 is 0 Å². The molecular formula is C15H18N6O3. The average Bonchev–Trinajstić information content (AvgIpc) is 3.27. The number of carbonyl (C=O) groups excluding carboxylic acids is 2. The molecule has 3 heterocycles. The van der Waals surface area contributed by atoms with E-state index in [4.69, 9.17) is 4.74 Å². The summed E-state index contributed by atoms with van der Waals surface area (Å²) in [4.78, 5) is 30.2. The zero-order chi connectivity index (χ0) is 16.9. The van der Waals surface area contributed by atoms with Crippen molar-refractivity contribution in [2.24, 2.45) is 5.92 Å². The third kappa shape index (κ3) is 3.45. The van der Waals surface area contributed by atoms with Crippen molar-refractivity contribution < 1.29 is 14.3 Å². The predicted molar refractivity (Wildman–Crippen MR) is 86.7 cm³/mol. The maximum Gasteiger partial charge on any atom is 0.322 e. The van der Waals surface area contributed by atoms with Gasteiger partial charge in [-0.05, 0) is 18.6 Å². The third-order valence-corrected chi connectivity index (χ3v) is 3.82. The first kappa shape index (κ1) is 15.8. The Morgan fingerprint density at radius 3 is 3.04 bits per heavy atom. The number of urea groups is 1. The molecule has 9 heteroatoms. The van der Waals surface area contributed by atoms with Gasteiger partial charge in [-0.3, -0.25) is 9.89 Å². The number of H-pyrrole nitrogens is 1. The lowest BCUT2D eigenvalue weighted by Crippen LogP contribution is -2.34. The van der Waals surface area contributed by atoms with Gasteiger partial charge in [0.2, 0.25) is 11.8 Å². The van der Waals surface area contributed by atoms with Crippen LogP contribution in [0.4, 0.5) is 16.2 Å². The molecule has 0 aliphatic carbocycles. The molecule has 24 heavy (non-hydrogen) atoms. The Hall–Kier alpha value is -3.10. The Balaban J connectivity index is 1.57. The van der Waals surface area contributed by atoms with Crippen molar-refractivity contribution in [1.29, 1.82) is 0 Å². The number of hydrogen-bond donors (Lipinski definition) is 3. The van der Waals surface area contributed by atoms with Crippen LogP contribution in [0, 0.1) is 5.92 Å². The number of anilines is 2. The van der Waals surface area contributed by atoms with Gasteiger partial charge in [0.25, 0.3) is 0 Å². The highest BCUT2D eigenvalue weighted by atomic mass is 16.5.